The number of hydrogen-bond acceptors (Lipinski definition) is 7. The lowest BCUT2D eigenvalue weighted by atomic mass is 10.1. The fourth-order valence-electron chi connectivity index (χ4n) is 3.56. The van der Waals surface area contributed by atoms with Gasteiger partial charge in [0, 0.05) is 17.6 Å². The topological polar surface area (TPSA) is 120 Å². The van der Waals surface area contributed by atoms with Crippen molar-refractivity contribution in [2.45, 2.75) is 40.7 Å². The first-order valence-electron chi connectivity index (χ1n) is 10.4. The molecule has 0 saturated heterocycles. The predicted octanol–water partition coefficient (Wildman–Crippen LogP) is 2.97. The molecular formula is C23H25N3O6. The molecule has 0 spiro atoms. The maximum absolute atomic E-state index is 12.8. The van der Waals surface area contributed by atoms with Crippen LogP contribution in [0.5, 0.6) is 0 Å². The van der Waals surface area contributed by atoms with Crippen molar-refractivity contribution < 1.29 is 23.9 Å². The highest BCUT2D eigenvalue weighted by Crippen LogP contribution is 2.20. The van der Waals surface area contributed by atoms with E-state index in [1.54, 1.807) is 45.0 Å². The van der Waals surface area contributed by atoms with Crippen LogP contribution < -0.4 is 5.56 Å². The lowest BCUT2D eigenvalue weighted by Gasteiger charge is -2.10. The van der Waals surface area contributed by atoms with Crippen molar-refractivity contribution >= 4 is 28.5 Å². The highest BCUT2D eigenvalue weighted by Gasteiger charge is 2.24. The summed E-state index contributed by atoms with van der Waals surface area (Å²) >= 11 is 0. The summed E-state index contributed by atoms with van der Waals surface area (Å²) < 4.78 is 11.5. The average Bonchev–Trinajstić information content (AvgIpc) is 3.08. The van der Waals surface area contributed by atoms with Crippen LogP contribution in [0.25, 0.3) is 10.8 Å². The Morgan fingerprint density at radius 3 is 2.38 bits per heavy atom. The number of hydrogen-bond donors (Lipinski definition) is 1. The lowest BCUT2D eigenvalue weighted by Crippen LogP contribution is -2.27. The Morgan fingerprint density at radius 2 is 1.72 bits per heavy atom. The number of ketones is 1. The van der Waals surface area contributed by atoms with Crippen LogP contribution in [0.15, 0.2) is 29.1 Å². The number of H-pyrrole nitrogens is 1. The zero-order valence-corrected chi connectivity index (χ0v) is 18.5. The third-order valence-corrected chi connectivity index (χ3v) is 5.03. The summed E-state index contributed by atoms with van der Waals surface area (Å²) in [4.78, 5) is 53.1. The Labute approximate surface area is 184 Å². The molecule has 2 aromatic heterocycles. The van der Waals surface area contributed by atoms with Crippen LogP contribution in [-0.2, 0) is 16.0 Å². The SMILES string of the molecule is CCCn1nc(C(=O)OCC(=O)c2[nH]c(C)c(C(=O)OCC)c2C)c2ccccc2c1=O. The van der Waals surface area contributed by atoms with Crippen molar-refractivity contribution in [2.75, 3.05) is 13.2 Å². The molecule has 2 heterocycles. The number of aromatic amines is 1. The molecule has 32 heavy (non-hydrogen) atoms. The number of esters is 2. The second-order valence-corrected chi connectivity index (χ2v) is 7.27. The number of nitrogens with one attached hydrogen (secondary N) is 1. The number of rotatable bonds is 8. The minimum absolute atomic E-state index is 0.0342. The van der Waals surface area contributed by atoms with Crippen molar-refractivity contribution in [3.8, 4) is 0 Å². The molecule has 3 rings (SSSR count). The molecular weight excluding hydrogens is 414 g/mol. The third-order valence-electron chi connectivity index (χ3n) is 5.03. The van der Waals surface area contributed by atoms with E-state index in [0.717, 1.165) is 0 Å². The number of aryl methyl sites for hydroxylation is 2. The number of aromatic nitrogens is 3. The first-order chi connectivity index (χ1) is 15.3. The second kappa shape index (κ2) is 9.59. The number of ether oxygens (including phenoxy) is 2. The van der Waals surface area contributed by atoms with E-state index in [4.69, 9.17) is 9.47 Å². The van der Waals surface area contributed by atoms with Gasteiger partial charge in [0.2, 0.25) is 5.78 Å². The van der Waals surface area contributed by atoms with Gasteiger partial charge in [-0.25, -0.2) is 14.3 Å². The molecule has 0 atom stereocenters. The molecule has 1 aromatic carbocycles. The smallest absolute Gasteiger partial charge is 0.359 e. The van der Waals surface area contributed by atoms with Gasteiger partial charge in [-0.1, -0.05) is 25.1 Å². The van der Waals surface area contributed by atoms with Crippen LogP contribution >= 0.6 is 0 Å². The number of fused-ring (bicyclic) bond motifs is 1. The van der Waals surface area contributed by atoms with Gasteiger partial charge in [0.1, 0.15) is 0 Å². The molecule has 0 aliphatic rings. The number of carbonyl (C=O) groups excluding carboxylic acids is 3. The van der Waals surface area contributed by atoms with Crippen molar-refractivity contribution in [1.82, 2.24) is 14.8 Å². The summed E-state index contributed by atoms with van der Waals surface area (Å²) in [5.41, 5.74) is 1.07. The molecule has 1 N–H and O–H groups in total. The van der Waals surface area contributed by atoms with Gasteiger partial charge >= 0.3 is 11.9 Å². The van der Waals surface area contributed by atoms with Gasteiger partial charge in [0.15, 0.2) is 12.3 Å². The summed E-state index contributed by atoms with van der Waals surface area (Å²) in [6, 6.07) is 6.63. The molecule has 0 fully saturated rings. The maximum atomic E-state index is 12.8. The van der Waals surface area contributed by atoms with Crippen LogP contribution in [0.1, 0.15) is 62.9 Å². The summed E-state index contributed by atoms with van der Waals surface area (Å²) in [5.74, 6) is -1.84. The number of nitrogens with zero attached hydrogens (tertiary/aromatic N) is 2. The van der Waals surface area contributed by atoms with E-state index in [0.29, 0.717) is 40.6 Å². The van der Waals surface area contributed by atoms with Gasteiger partial charge in [-0.2, -0.15) is 5.10 Å². The molecule has 0 unspecified atom stereocenters. The van der Waals surface area contributed by atoms with Crippen LogP contribution in [0.3, 0.4) is 0 Å². The highest BCUT2D eigenvalue weighted by molar-refractivity contribution is 6.05. The van der Waals surface area contributed by atoms with E-state index in [2.05, 4.69) is 10.1 Å². The maximum Gasteiger partial charge on any atom is 0.359 e. The molecule has 0 radical (unpaired) electrons. The van der Waals surface area contributed by atoms with E-state index >= 15 is 0 Å². The molecule has 0 aliphatic carbocycles. The Balaban J connectivity index is 1.85. The van der Waals surface area contributed by atoms with Gasteiger partial charge in [0.25, 0.3) is 5.56 Å². The van der Waals surface area contributed by atoms with Crippen LogP contribution in [0.2, 0.25) is 0 Å². The van der Waals surface area contributed by atoms with E-state index in [1.165, 1.54) is 4.68 Å². The van der Waals surface area contributed by atoms with Gasteiger partial charge < -0.3 is 14.5 Å². The average molecular weight is 439 g/mol. The fraction of sp³-hybridized carbons (Fsp3) is 0.348. The van der Waals surface area contributed by atoms with Crippen LogP contribution in [0, 0.1) is 13.8 Å². The number of carbonyl (C=O) groups is 3. The minimum atomic E-state index is -0.814. The van der Waals surface area contributed by atoms with E-state index in [9.17, 15) is 19.2 Å². The van der Waals surface area contributed by atoms with Crippen molar-refractivity contribution in [1.29, 1.82) is 0 Å². The van der Waals surface area contributed by atoms with Crippen LogP contribution in [0.4, 0.5) is 0 Å². The quantitative estimate of drug-likeness (QED) is 0.423. The molecule has 3 aromatic rings. The Bertz CT molecular complexity index is 1250. The Hall–Kier alpha value is -3.75. The van der Waals surface area contributed by atoms with E-state index in [1.807, 2.05) is 6.92 Å². The molecule has 0 aliphatic heterocycles. The summed E-state index contributed by atoms with van der Waals surface area (Å²) in [6.45, 7) is 6.89. The third kappa shape index (κ3) is 4.32. The molecule has 9 heteroatoms. The van der Waals surface area contributed by atoms with E-state index < -0.39 is 24.3 Å². The van der Waals surface area contributed by atoms with Crippen molar-refractivity contribution in [2.24, 2.45) is 0 Å². The van der Waals surface area contributed by atoms with Crippen LogP contribution in [-0.4, -0.2) is 45.7 Å². The zero-order chi connectivity index (χ0) is 23.4. The second-order valence-electron chi connectivity index (χ2n) is 7.27. The lowest BCUT2D eigenvalue weighted by molar-refractivity contribution is 0.0466. The molecule has 0 saturated carbocycles. The zero-order valence-electron chi connectivity index (χ0n) is 18.5. The summed E-state index contributed by atoms with van der Waals surface area (Å²) in [6.07, 6.45) is 0.659. The molecule has 0 bridgehead atoms. The standard InChI is InChI=1S/C23H25N3O6/c1-5-11-26-21(28)16-10-8-7-9-15(16)20(25-26)23(30)32-12-17(27)19-13(3)18(14(4)24-19)22(29)31-6-2/h7-10,24H,5-6,11-12H2,1-4H3. The van der Waals surface area contributed by atoms with E-state index in [-0.39, 0.29) is 23.6 Å². The Morgan fingerprint density at radius 1 is 1.03 bits per heavy atom. The molecule has 168 valence electrons. The summed E-state index contributed by atoms with van der Waals surface area (Å²) in [7, 11) is 0. The summed E-state index contributed by atoms with van der Waals surface area (Å²) in [5, 5.41) is 4.88. The first kappa shape index (κ1) is 22.9. The van der Waals surface area contributed by atoms with Gasteiger partial charge in [-0.05, 0) is 38.8 Å². The largest absolute Gasteiger partial charge is 0.462 e. The monoisotopic (exact) mass is 439 g/mol. The normalized spacial score (nSPS) is 10.9. The van der Waals surface area contributed by atoms with Crippen molar-refractivity contribution in [3.63, 3.8) is 0 Å². The minimum Gasteiger partial charge on any atom is -0.462 e. The predicted molar refractivity (Wildman–Crippen MR) is 117 cm³/mol. The first-order valence-corrected chi connectivity index (χ1v) is 10.4. The number of benzene rings is 1. The molecule has 0 amide bonds. The Kier molecular flexibility index (Phi) is 6.87. The highest BCUT2D eigenvalue weighted by atomic mass is 16.5. The van der Waals surface area contributed by atoms with Gasteiger partial charge in [0.05, 0.1) is 23.3 Å². The van der Waals surface area contributed by atoms with Gasteiger partial charge in [-0.3, -0.25) is 9.59 Å². The van der Waals surface area contributed by atoms with Crippen molar-refractivity contribution in [3.05, 3.63) is 62.8 Å². The number of Topliss-reactive ketones (excluding diaryl/α,β-unsaturated/α-hetero) is 1. The van der Waals surface area contributed by atoms with Gasteiger partial charge in [-0.15, -0.1) is 0 Å². The molecule has 9 nitrogen and oxygen atoms in total. The fourth-order valence-corrected chi connectivity index (χ4v) is 3.56.